The van der Waals surface area contributed by atoms with E-state index in [1.165, 1.54) is 18.6 Å². The first-order valence-electron chi connectivity index (χ1n) is 11.7. The van der Waals surface area contributed by atoms with E-state index < -0.39 is 12.3 Å². The molecule has 1 aromatic carbocycles. The molecule has 2 saturated carbocycles. The number of carbonyl (C=O) groups excluding carboxylic acids is 2. The fraction of sp³-hybridized carbons (Fsp3) is 0.458. The number of thiophene rings is 1. The van der Waals surface area contributed by atoms with Gasteiger partial charge in [0.05, 0.1) is 20.8 Å². The van der Waals surface area contributed by atoms with Gasteiger partial charge >= 0.3 is 0 Å². The second kappa shape index (κ2) is 9.42. The summed E-state index contributed by atoms with van der Waals surface area (Å²) in [7, 11) is 0. The summed E-state index contributed by atoms with van der Waals surface area (Å²) in [6, 6.07) is 8.37. The Morgan fingerprint density at radius 1 is 1.09 bits per heavy atom. The van der Waals surface area contributed by atoms with Crippen molar-refractivity contribution in [3.05, 3.63) is 40.1 Å². The lowest BCUT2D eigenvalue weighted by molar-refractivity contribution is -0.120. The van der Waals surface area contributed by atoms with Crippen molar-refractivity contribution >= 4 is 45.8 Å². The summed E-state index contributed by atoms with van der Waals surface area (Å²) in [5, 5.41) is 5.81. The van der Waals surface area contributed by atoms with Gasteiger partial charge in [-0.15, -0.1) is 11.3 Å². The number of nitrogens with two attached hydrogens (primary N) is 1. The van der Waals surface area contributed by atoms with Gasteiger partial charge in [0.15, 0.2) is 0 Å². The summed E-state index contributed by atoms with van der Waals surface area (Å²) in [5.41, 5.74) is 8.12. The third-order valence-electron chi connectivity index (χ3n) is 6.74. The SMILES string of the molecule is NC1CC(n2c(NC(=O)c3ccc(C(F)F)s3)nc3cc(NC(=O)C4CCCCC4)ccc32)C1. The summed E-state index contributed by atoms with van der Waals surface area (Å²) < 4.78 is 27.8. The van der Waals surface area contributed by atoms with Gasteiger partial charge in [0.25, 0.3) is 12.3 Å². The molecule has 3 aromatic rings. The van der Waals surface area contributed by atoms with Crippen LogP contribution >= 0.6 is 11.3 Å². The summed E-state index contributed by atoms with van der Waals surface area (Å²) in [6.45, 7) is 0. The molecule has 0 atom stereocenters. The number of fused-ring (bicyclic) bond motifs is 1. The van der Waals surface area contributed by atoms with Crippen LogP contribution in [0.2, 0.25) is 0 Å². The molecular formula is C24H27F2N5O2S. The molecule has 0 bridgehead atoms. The van der Waals surface area contributed by atoms with Crippen LogP contribution < -0.4 is 16.4 Å². The summed E-state index contributed by atoms with van der Waals surface area (Å²) >= 11 is 0.766. The molecule has 0 spiro atoms. The monoisotopic (exact) mass is 487 g/mol. The van der Waals surface area contributed by atoms with Crippen molar-refractivity contribution in [1.29, 1.82) is 0 Å². The van der Waals surface area contributed by atoms with E-state index in [0.29, 0.717) is 17.2 Å². The first kappa shape index (κ1) is 22.9. The second-order valence-corrected chi connectivity index (χ2v) is 10.3. The number of hydrogen-bond donors (Lipinski definition) is 3. The first-order chi connectivity index (χ1) is 16.4. The quantitative estimate of drug-likeness (QED) is 0.429. The van der Waals surface area contributed by atoms with Crippen LogP contribution in [-0.2, 0) is 4.79 Å². The Bertz CT molecular complexity index is 1210. The molecule has 180 valence electrons. The zero-order chi connectivity index (χ0) is 23.8. The van der Waals surface area contributed by atoms with Crippen molar-refractivity contribution in [1.82, 2.24) is 9.55 Å². The van der Waals surface area contributed by atoms with Crippen LogP contribution in [-0.4, -0.2) is 27.4 Å². The van der Waals surface area contributed by atoms with Crippen LogP contribution in [0.5, 0.6) is 0 Å². The Balaban J connectivity index is 1.41. The lowest BCUT2D eigenvalue weighted by Gasteiger charge is -2.34. The van der Waals surface area contributed by atoms with Gasteiger partial charge in [0.1, 0.15) is 0 Å². The summed E-state index contributed by atoms with van der Waals surface area (Å²) in [4.78, 5) is 30.1. The van der Waals surface area contributed by atoms with Crippen molar-refractivity contribution in [2.24, 2.45) is 11.7 Å². The molecule has 2 aliphatic carbocycles. The van der Waals surface area contributed by atoms with Crippen LogP contribution in [0.1, 0.15) is 72.0 Å². The van der Waals surface area contributed by atoms with E-state index in [-0.39, 0.29) is 33.7 Å². The topological polar surface area (TPSA) is 102 Å². The maximum Gasteiger partial charge on any atom is 0.272 e. The van der Waals surface area contributed by atoms with Crippen molar-refractivity contribution in [3.63, 3.8) is 0 Å². The molecule has 2 heterocycles. The highest BCUT2D eigenvalue weighted by atomic mass is 32.1. The van der Waals surface area contributed by atoms with Gasteiger partial charge in [0, 0.05) is 23.7 Å². The molecule has 2 aromatic heterocycles. The minimum absolute atomic E-state index is 0.0319. The number of nitrogens with zero attached hydrogens (tertiary/aromatic N) is 2. The van der Waals surface area contributed by atoms with Crippen molar-refractivity contribution in [2.45, 2.75) is 63.5 Å². The zero-order valence-electron chi connectivity index (χ0n) is 18.6. The number of amides is 2. The predicted octanol–water partition coefficient (Wildman–Crippen LogP) is 5.47. The molecule has 2 fully saturated rings. The molecule has 2 amide bonds. The number of imidazole rings is 1. The molecule has 5 rings (SSSR count). The van der Waals surface area contributed by atoms with E-state index in [1.54, 1.807) is 6.07 Å². The number of hydrogen-bond acceptors (Lipinski definition) is 5. The van der Waals surface area contributed by atoms with E-state index in [1.807, 2.05) is 16.7 Å². The van der Waals surface area contributed by atoms with E-state index in [9.17, 15) is 18.4 Å². The Morgan fingerprint density at radius 3 is 2.53 bits per heavy atom. The van der Waals surface area contributed by atoms with Gasteiger partial charge in [-0.05, 0) is 56.0 Å². The van der Waals surface area contributed by atoms with E-state index >= 15 is 0 Å². The van der Waals surface area contributed by atoms with Gasteiger partial charge in [-0.2, -0.15) is 0 Å². The maximum absolute atomic E-state index is 12.9. The minimum Gasteiger partial charge on any atom is -0.328 e. The van der Waals surface area contributed by atoms with E-state index in [2.05, 4.69) is 15.6 Å². The number of anilines is 2. The van der Waals surface area contributed by atoms with Gasteiger partial charge in [0.2, 0.25) is 11.9 Å². The number of aromatic nitrogens is 2. The van der Waals surface area contributed by atoms with E-state index in [0.717, 1.165) is 55.4 Å². The molecule has 0 aliphatic heterocycles. The highest BCUT2D eigenvalue weighted by molar-refractivity contribution is 7.14. The average Bonchev–Trinajstić information content (AvgIpc) is 3.42. The molecular weight excluding hydrogens is 460 g/mol. The average molecular weight is 488 g/mol. The van der Waals surface area contributed by atoms with Crippen LogP contribution in [0.3, 0.4) is 0 Å². The molecule has 0 radical (unpaired) electrons. The smallest absolute Gasteiger partial charge is 0.272 e. The minimum atomic E-state index is -2.62. The molecule has 4 N–H and O–H groups in total. The van der Waals surface area contributed by atoms with Crippen molar-refractivity contribution in [2.75, 3.05) is 10.6 Å². The first-order valence-corrected chi connectivity index (χ1v) is 12.5. The Kier molecular flexibility index (Phi) is 6.35. The van der Waals surface area contributed by atoms with Crippen LogP contribution in [0.4, 0.5) is 20.4 Å². The molecule has 34 heavy (non-hydrogen) atoms. The summed E-state index contributed by atoms with van der Waals surface area (Å²) in [6.07, 6.45) is 4.06. The van der Waals surface area contributed by atoms with Crippen LogP contribution in [0.25, 0.3) is 11.0 Å². The standard InChI is InChI=1S/C24H27F2N5O2S/c25-21(26)19-8-9-20(34-19)23(33)30-24-29-17-12-15(28-22(32)13-4-2-1-3-5-13)6-7-18(17)31(24)16-10-14(27)11-16/h6-9,12-14,16,21H,1-5,10-11,27H2,(H,28,32)(H,29,30,33). The lowest BCUT2D eigenvalue weighted by Crippen LogP contribution is -2.38. The number of carbonyl (C=O) groups is 2. The number of rotatable bonds is 6. The van der Waals surface area contributed by atoms with Crippen molar-refractivity contribution < 1.29 is 18.4 Å². The van der Waals surface area contributed by atoms with Crippen LogP contribution in [0, 0.1) is 5.92 Å². The Hall–Kier alpha value is -2.85. The third kappa shape index (κ3) is 4.56. The fourth-order valence-corrected chi connectivity index (χ4v) is 5.60. The van der Waals surface area contributed by atoms with Gasteiger partial charge in [-0.3, -0.25) is 14.9 Å². The predicted molar refractivity (Wildman–Crippen MR) is 128 cm³/mol. The second-order valence-electron chi connectivity index (χ2n) is 9.18. The highest BCUT2D eigenvalue weighted by Crippen LogP contribution is 2.38. The Labute approximate surface area is 199 Å². The van der Waals surface area contributed by atoms with E-state index in [4.69, 9.17) is 5.73 Å². The maximum atomic E-state index is 12.9. The fourth-order valence-electron chi connectivity index (χ4n) is 4.84. The Morgan fingerprint density at radius 2 is 1.85 bits per heavy atom. The number of halogens is 2. The summed E-state index contributed by atoms with van der Waals surface area (Å²) in [5.74, 6) is -0.0655. The van der Waals surface area contributed by atoms with Gasteiger partial charge in [-0.1, -0.05) is 19.3 Å². The number of nitrogens with one attached hydrogen (secondary N) is 2. The number of alkyl halides is 2. The number of benzene rings is 1. The molecule has 10 heteroatoms. The van der Waals surface area contributed by atoms with Crippen molar-refractivity contribution in [3.8, 4) is 0 Å². The highest BCUT2D eigenvalue weighted by Gasteiger charge is 2.31. The molecule has 0 saturated heterocycles. The normalized spacial score (nSPS) is 20.9. The largest absolute Gasteiger partial charge is 0.328 e. The molecule has 0 unspecified atom stereocenters. The zero-order valence-corrected chi connectivity index (χ0v) is 19.4. The van der Waals surface area contributed by atoms with Gasteiger partial charge in [-0.25, -0.2) is 13.8 Å². The lowest BCUT2D eigenvalue weighted by atomic mass is 9.87. The third-order valence-corrected chi connectivity index (χ3v) is 7.83. The molecule has 2 aliphatic rings. The molecule has 7 nitrogen and oxygen atoms in total. The van der Waals surface area contributed by atoms with Gasteiger partial charge < -0.3 is 15.6 Å². The van der Waals surface area contributed by atoms with Crippen LogP contribution in [0.15, 0.2) is 30.3 Å².